The van der Waals surface area contributed by atoms with Crippen LogP contribution in [0, 0.1) is 5.92 Å². The van der Waals surface area contributed by atoms with E-state index >= 15 is 0 Å². The second-order valence-corrected chi connectivity index (χ2v) is 7.84. The quantitative estimate of drug-likeness (QED) is 0.762. The first-order valence-electron chi connectivity index (χ1n) is 9.55. The Morgan fingerprint density at radius 3 is 2.80 bits per heavy atom. The second-order valence-electron chi connectivity index (χ2n) is 7.84. The molecule has 2 heterocycles. The van der Waals surface area contributed by atoms with Gasteiger partial charge >= 0.3 is 0 Å². The molecule has 138 valence electrons. The number of carbonyl (C=O) groups excluding carboxylic acids is 1. The van der Waals surface area contributed by atoms with Gasteiger partial charge in [0.1, 0.15) is 6.04 Å². The summed E-state index contributed by atoms with van der Waals surface area (Å²) in [5.41, 5.74) is 6.91. The fourth-order valence-corrected chi connectivity index (χ4v) is 4.04. The number of hydrogen-bond donors (Lipinski definition) is 3. The Morgan fingerprint density at radius 2 is 2.08 bits per heavy atom. The maximum absolute atomic E-state index is 12.9. The van der Waals surface area contributed by atoms with E-state index in [1.165, 1.54) is 5.56 Å². The van der Waals surface area contributed by atoms with Gasteiger partial charge in [-0.1, -0.05) is 43.7 Å². The predicted octanol–water partition coefficient (Wildman–Crippen LogP) is 1.86. The van der Waals surface area contributed by atoms with Crippen molar-refractivity contribution in [1.29, 1.82) is 0 Å². The van der Waals surface area contributed by atoms with Gasteiger partial charge in [-0.25, -0.2) is 5.43 Å². The molecule has 5 heteroatoms. The zero-order valence-electron chi connectivity index (χ0n) is 15.4. The molecule has 2 unspecified atom stereocenters. The summed E-state index contributed by atoms with van der Waals surface area (Å²) >= 11 is 0. The third-order valence-electron chi connectivity index (χ3n) is 5.76. The number of hydrazine groups is 1. The fourth-order valence-electron chi connectivity index (χ4n) is 4.04. The van der Waals surface area contributed by atoms with E-state index in [0.717, 1.165) is 25.7 Å². The third-order valence-corrected chi connectivity index (χ3v) is 5.76. The number of piperidine rings is 1. The van der Waals surface area contributed by atoms with Crippen molar-refractivity contribution in [2.45, 2.75) is 63.6 Å². The molecule has 0 saturated carbocycles. The number of hydrogen-bond acceptors (Lipinski definition) is 4. The van der Waals surface area contributed by atoms with Crippen molar-refractivity contribution in [3.8, 4) is 0 Å². The summed E-state index contributed by atoms with van der Waals surface area (Å²) in [5, 5.41) is 10.8. The Bertz CT molecular complexity index is 576. The van der Waals surface area contributed by atoms with Crippen molar-refractivity contribution in [3.63, 3.8) is 0 Å². The molecule has 0 bridgehead atoms. The van der Waals surface area contributed by atoms with Gasteiger partial charge in [-0.15, -0.1) is 0 Å². The highest BCUT2D eigenvalue weighted by atomic mass is 16.3. The summed E-state index contributed by atoms with van der Waals surface area (Å²) in [6.45, 7) is 5.33. The average Bonchev–Trinajstić information content (AvgIpc) is 3.06. The second kappa shape index (κ2) is 7.85. The molecule has 3 rings (SSSR count). The number of amides is 1. The highest BCUT2D eigenvalue weighted by molar-refractivity contribution is 5.82. The lowest BCUT2D eigenvalue weighted by Gasteiger charge is -2.43. The van der Waals surface area contributed by atoms with Crippen LogP contribution in [-0.4, -0.2) is 46.7 Å². The number of carbonyl (C=O) groups is 1. The van der Waals surface area contributed by atoms with E-state index in [9.17, 15) is 9.90 Å². The minimum absolute atomic E-state index is 0.0633. The van der Waals surface area contributed by atoms with E-state index in [4.69, 9.17) is 0 Å². The van der Waals surface area contributed by atoms with Crippen LogP contribution < -0.4 is 10.9 Å². The summed E-state index contributed by atoms with van der Waals surface area (Å²) < 4.78 is 0. The van der Waals surface area contributed by atoms with E-state index in [0.29, 0.717) is 25.6 Å². The Kier molecular flexibility index (Phi) is 5.77. The van der Waals surface area contributed by atoms with Gasteiger partial charge in [0.15, 0.2) is 0 Å². The smallest absolute Gasteiger partial charge is 0.241 e. The van der Waals surface area contributed by atoms with Crippen LogP contribution in [0.25, 0.3) is 0 Å². The van der Waals surface area contributed by atoms with Gasteiger partial charge in [-0.05, 0) is 38.2 Å². The number of likely N-dealkylation sites (tertiary alicyclic amines) is 1. The van der Waals surface area contributed by atoms with Crippen LogP contribution in [0.2, 0.25) is 0 Å². The lowest BCUT2D eigenvalue weighted by molar-refractivity contribution is -0.140. The minimum atomic E-state index is -0.723. The van der Waals surface area contributed by atoms with Crippen molar-refractivity contribution in [2.24, 2.45) is 5.92 Å². The Balaban J connectivity index is 1.62. The molecule has 25 heavy (non-hydrogen) atoms. The Hall–Kier alpha value is -1.43. The summed E-state index contributed by atoms with van der Waals surface area (Å²) in [4.78, 5) is 14.8. The Morgan fingerprint density at radius 1 is 1.32 bits per heavy atom. The lowest BCUT2D eigenvalue weighted by Crippen LogP contribution is -2.56. The lowest BCUT2D eigenvalue weighted by atomic mass is 9.78. The van der Waals surface area contributed by atoms with Crippen molar-refractivity contribution in [2.75, 3.05) is 13.1 Å². The van der Waals surface area contributed by atoms with Crippen molar-refractivity contribution in [1.82, 2.24) is 15.8 Å². The summed E-state index contributed by atoms with van der Waals surface area (Å²) in [6.07, 6.45) is 4.48. The zero-order chi connectivity index (χ0) is 17.9. The van der Waals surface area contributed by atoms with Gasteiger partial charge in [0, 0.05) is 25.0 Å². The summed E-state index contributed by atoms with van der Waals surface area (Å²) in [6, 6.07) is 10.5. The molecule has 0 aromatic heterocycles. The highest BCUT2D eigenvalue weighted by Gasteiger charge is 2.41. The minimum Gasteiger partial charge on any atom is -0.390 e. The molecule has 1 aromatic carbocycles. The predicted molar refractivity (Wildman–Crippen MR) is 98.8 cm³/mol. The number of benzene rings is 1. The van der Waals surface area contributed by atoms with Gasteiger partial charge in [-0.3, -0.25) is 10.2 Å². The van der Waals surface area contributed by atoms with Crippen molar-refractivity contribution < 1.29 is 9.90 Å². The summed E-state index contributed by atoms with van der Waals surface area (Å²) in [5.74, 6) is 0.230. The number of nitrogens with zero attached hydrogens (tertiary/aromatic N) is 1. The first kappa shape index (κ1) is 18.4. The molecule has 4 atom stereocenters. The third kappa shape index (κ3) is 4.40. The van der Waals surface area contributed by atoms with E-state index in [-0.39, 0.29) is 17.9 Å². The summed E-state index contributed by atoms with van der Waals surface area (Å²) in [7, 11) is 0. The number of rotatable bonds is 5. The first-order valence-corrected chi connectivity index (χ1v) is 9.55. The first-order chi connectivity index (χ1) is 12.0. The normalized spacial score (nSPS) is 32.8. The van der Waals surface area contributed by atoms with Gasteiger partial charge in [0.2, 0.25) is 5.91 Å². The van der Waals surface area contributed by atoms with Crippen LogP contribution in [0.15, 0.2) is 30.3 Å². The van der Waals surface area contributed by atoms with Gasteiger partial charge in [-0.2, -0.15) is 0 Å². The van der Waals surface area contributed by atoms with Gasteiger partial charge < -0.3 is 10.0 Å². The zero-order valence-corrected chi connectivity index (χ0v) is 15.4. The topological polar surface area (TPSA) is 64.6 Å². The Labute approximate surface area is 150 Å². The highest BCUT2D eigenvalue weighted by Crippen LogP contribution is 2.31. The molecule has 0 radical (unpaired) electrons. The molecular formula is C20H31N3O2. The van der Waals surface area contributed by atoms with Crippen molar-refractivity contribution >= 4 is 5.91 Å². The molecule has 2 aliphatic heterocycles. The standard InChI is InChI=1S/C20H31N3O2/c1-3-7-17-13-18(22-21-17)19(24)23-11-10-20(2,25)16(14-23)12-15-8-5-4-6-9-15/h4-6,8-9,16-18,21-22,25H,3,7,10-14H2,1-2H3/t16-,17?,18?,20+/m1/s1. The molecule has 2 fully saturated rings. The van der Waals surface area contributed by atoms with Crippen molar-refractivity contribution in [3.05, 3.63) is 35.9 Å². The molecular weight excluding hydrogens is 314 g/mol. The van der Waals surface area contributed by atoms with E-state index in [1.807, 2.05) is 30.0 Å². The number of nitrogens with one attached hydrogen (secondary N) is 2. The average molecular weight is 345 g/mol. The van der Waals surface area contributed by atoms with Crippen LogP contribution in [-0.2, 0) is 11.2 Å². The SMILES string of the molecule is CCCC1CC(C(=O)N2CC[C@](C)(O)[C@H](Cc3ccccc3)C2)NN1. The van der Waals surface area contributed by atoms with E-state index < -0.39 is 5.60 Å². The van der Waals surface area contributed by atoms with Crippen LogP contribution in [0.4, 0.5) is 0 Å². The molecule has 1 amide bonds. The fraction of sp³-hybridized carbons (Fsp3) is 0.650. The van der Waals surface area contributed by atoms with Crippen LogP contribution in [0.5, 0.6) is 0 Å². The van der Waals surface area contributed by atoms with Gasteiger partial charge in [0.05, 0.1) is 5.60 Å². The molecule has 5 nitrogen and oxygen atoms in total. The molecule has 3 N–H and O–H groups in total. The van der Waals surface area contributed by atoms with Crippen LogP contribution in [0.3, 0.4) is 0 Å². The monoisotopic (exact) mass is 345 g/mol. The molecule has 0 spiro atoms. The maximum atomic E-state index is 12.9. The molecule has 1 aromatic rings. The van der Waals surface area contributed by atoms with Crippen LogP contribution in [0.1, 0.15) is 45.1 Å². The molecule has 0 aliphatic carbocycles. The van der Waals surface area contributed by atoms with Gasteiger partial charge in [0.25, 0.3) is 0 Å². The largest absolute Gasteiger partial charge is 0.390 e. The van der Waals surface area contributed by atoms with E-state index in [2.05, 4.69) is 29.9 Å². The van der Waals surface area contributed by atoms with Crippen LogP contribution >= 0.6 is 0 Å². The maximum Gasteiger partial charge on any atom is 0.241 e. The molecule has 2 saturated heterocycles. The number of aliphatic hydroxyl groups is 1. The molecule has 2 aliphatic rings. The van der Waals surface area contributed by atoms with E-state index in [1.54, 1.807) is 0 Å².